The monoisotopic (exact) mass is 298 g/mol. The van der Waals surface area contributed by atoms with E-state index in [4.69, 9.17) is 4.74 Å². The van der Waals surface area contributed by atoms with Crippen molar-refractivity contribution in [3.63, 3.8) is 0 Å². The van der Waals surface area contributed by atoms with E-state index >= 15 is 0 Å². The number of aliphatic imine (C=N–C) groups is 1. The molecule has 1 aromatic rings. The molecule has 0 aliphatic rings. The Hall–Kier alpha value is -1.11. The highest BCUT2D eigenvalue weighted by molar-refractivity contribution is 7.10. The van der Waals surface area contributed by atoms with Crippen molar-refractivity contribution >= 4 is 17.3 Å². The smallest absolute Gasteiger partial charge is 0.191 e. The third-order valence-electron chi connectivity index (χ3n) is 2.86. The summed E-state index contributed by atoms with van der Waals surface area (Å²) in [5, 5.41) is 8.62. The van der Waals surface area contributed by atoms with Crippen LogP contribution in [0.3, 0.4) is 0 Å². The maximum absolute atomic E-state index is 5.04. The van der Waals surface area contributed by atoms with E-state index in [1.807, 2.05) is 0 Å². The van der Waals surface area contributed by atoms with E-state index in [1.165, 1.54) is 4.88 Å². The zero-order valence-electron chi connectivity index (χ0n) is 12.8. The van der Waals surface area contributed by atoms with Crippen molar-refractivity contribution in [3.05, 3.63) is 22.4 Å². The summed E-state index contributed by atoms with van der Waals surface area (Å²) in [5.74, 6) is 0.841. The first-order chi connectivity index (χ1) is 9.69. The molecule has 1 aromatic heterocycles. The lowest BCUT2D eigenvalue weighted by molar-refractivity contribution is 0.203. The molecule has 0 aromatic carbocycles. The molecular formula is C14H26N4OS. The summed E-state index contributed by atoms with van der Waals surface area (Å²) in [6, 6.07) is 4.56. The maximum atomic E-state index is 5.04. The van der Waals surface area contributed by atoms with E-state index in [0.717, 1.165) is 25.6 Å². The second-order valence-corrected chi connectivity index (χ2v) is 5.61. The van der Waals surface area contributed by atoms with Gasteiger partial charge in [-0.25, -0.2) is 0 Å². The Morgan fingerprint density at radius 3 is 2.80 bits per heavy atom. The highest BCUT2D eigenvalue weighted by Crippen LogP contribution is 2.23. The van der Waals surface area contributed by atoms with Crippen LogP contribution in [-0.2, 0) is 4.74 Å². The summed E-state index contributed by atoms with van der Waals surface area (Å²) in [7, 11) is 5.88. The SMILES string of the molecule is CCNC(=NCC(c1cccs1)N(C)C)NCCOC. The van der Waals surface area contributed by atoms with Crippen LogP contribution >= 0.6 is 11.3 Å². The molecule has 0 bridgehead atoms. The Balaban J connectivity index is 2.62. The van der Waals surface area contributed by atoms with Gasteiger partial charge in [-0.15, -0.1) is 11.3 Å². The van der Waals surface area contributed by atoms with Gasteiger partial charge in [-0.1, -0.05) is 6.07 Å². The number of hydrogen-bond acceptors (Lipinski definition) is 4. The van der Waals surface area contributed by atoms with Gasteiger partial charge < -0.3 is 20.3 Å². The summed E-state index contributed by atoms with van der Waals surface area (Å²) < 4.78 is 5.04. The first-order valence-electron chi connectivity index (χ1n) is 6.90. The largest absolute Gasteiger partial charge is 0.383 e. The van der Waals surface area contributed by atoms with Crippen LogP contribution in [0.4, 0.5) is 0 Å². The van der Waals surface area contributed by atoms with Crippen LogP contribution in [0.5, 0.6) is 0 Å². The second kappa shape index (κ2) is 9.74. The van der Waals surface area contributed by atoms with Crippen LogP contribution in [0.1, 0.15) is 17.8 Å². The van der Waals surface area contributed by atoms with Crippen molar-refractivity contribution in [1.82, 2.24) is 15.5 Å². The van der Waals surface area contributed by atoms with Crippen molar-refractivity contribution < 1.29 is 4.74 Å². The molecule has 1 rings (SSSR count). The zero-order valence-corrected chi connectivity index (χ0v) is 13.7. The van der Waals surface area contributed by atoms with Gasteiger partial charge in [0.1, 0.15) is 0 Å². The molecule has 6 heteroatoms. The summed E-state index contributed by atoms with van der Waals surface area (Å²) in [4.78, 5) is 8.21. The summed E-state index contributed by atoms with van der Waals surface area (Å²) in [5.41, 5.74) is 0. The molecule has 5 nitrogen and oxygen atoms in total. The molecule has 1 heterocycles. The summed E-state index contributed by atoms with van der Waals surface area (Å²) >= 11 is 1.77. The Morgan fingerprint density at radius 2 is 2.25 bits per heavy atom. The zero-order chi connectivity index (χ0) is 14.8. The third-order valence-corrected chi connectivity index (χ3v) is 3.83. The molecule has 0 radical (unpaired) electrons. The lowest BCUT2D eigenvalue weighted by Gasteiger charge is -2.22. The fraction of sp³-hybridized carbons (Fsp3) is 0.643. The van der Waals surface area contributed by atoms with Gasteiger partial charge in [-0.05, 0) is 32.5 Å². The number of ether oxygens (including phenoxy) is 1. The number of hydrogen-bond donors (Lipinski definition) is 2. The number of nitrogens with zero attached hydrogens (tertiary/aromatic N) is 2. The van der Waals surface area contributed by atoms with Crippen LogP contribution in [-0.4, -0.2) is 58.3 Å². The molecule has 0 fully saturated rings. The van der Waals surface area contributed by atoms with E-state index < -0.39 is 0 Å². The van der Waals surface area contributed by atoms with Gasteiger partial charge in [0, 0.05) is 25.1 Å². The van der Waals surface area contributed by atoms with Crippen LogP contribution in [0.2, 0.25) is 0 Å². The predicted molar refractivity (Wildman–Crippen MR) is 86.6 cm³/mol. The fourth-order valence-corrected chi connectivity index (χ4v) is 2.69. The van der Waals surface area contributed by atoms with Crippen LogP contribution in [0, 0.1) is 0 Å². The molecule has 0 saturated carbocycles. The quantitative estimate of drug-likeness (QED) is 0.434. The van der Waals surface area contributed by atoms with Crippen LogP contribution in [0.15, 0.2) is 22.5 Å². The minimum atomic E-state index is 0.313. The molecule has 0 saturated heterocycles. The molecular weight excluding hydrogens is 272 g/mol. The van der Waals surface area contributed by atoms with Gasteiger partial charge in [0.2, 0.25) is 0 Å². The lowest BCUT2D eigenvalue weighted by Crippen LogP contribution is -2.39. The van der Waals surface area contributed by atoms with Crippen molar-refractivity contribution in [2.45, 2.75) is 13.0 Å². The average Bonchev–Trinajstić information content (AvgIpc) is 2.92. The second-order valence-electron chi connectivity index (χ2n) is 4.63. The Kier molecular flexibility index (Phi) is 8.25. The molecule has 20 heavy (non-hydrogen) atoms. The Morgan fingerprint density at radius 1 is 1.45 bits per heavy atom. The Labute approximate surface area is 126 Å². The number of rotatable bonds is 8. The highest BCUT2D eigenvalue weighted by atomic mass is 32.1. The van der Waals surface area contributed by atoms with E-state index in [9.17, 15) is 0 Å². The standard InChI is InChI=1S/C14H26N4OS/c1-5-15-14(16-8-9-19-4)17-11-12(18(2)3)13-7-6-10-20-13/h6-7,10,12H,5,8-9,11H2,1-4H3,(H2,15,16,17). The molecule has 0 aliphatic heterocycles. The molecule has 1 unspecified atom stereocenters. The van der Waals surface area contributed by atoms with Crippen LogP contribution < -0.4 is 10.6 Å². The van der Waals surface area contributed by atoms with Gasteiger partial charge in [-0.3, -0.25) is 4.99 Å². The van der Waals surface area contributed by atoms with Crippen molar-refractivity contribution in [3.8, 4) is 0 Å². The number of nitrogens with one attached hydrogen (secondary N) is 2. The topological polar surface area (TPSA) is 48.9 Å². The van der Waals surface area contributed by atoms with Crippen LogP contribution in [0.25, 0.3) is 0 Å². The van der Waals surface area contributed by atoms with E-state index in [1.54, 1.807) is 18.4 Å². The molecule has 0 spiro atoms. The molecule has 114 valence electrons. The van der Waals surface area contributed by atoms with Gasteiger partial charge in [-0.2, -0.15) is 0 Å². The minimum Gasteiger partial charge on any atom is -0.383 e. The lowest BCUT2D eigenvalue weighted by atomic mass is 10.2. The number of likely N-dealkylation sites (N-methyl/N-ethyl adjacent to an activating group) is 1. The van der Waals surface area contributed by atoms with Crippen molar-refractivity contribution in [1.29, 1.82) is 0 Å². The third kappa shape index (κ3) is 5.90. The number of thiophene rings is 1. The first kappa shape index (κ1) is 16.9. The minimum absolute atomic E-state index is 0.313. The highest BCUT2D eigenvalue weighted by Gasteiger charge is 2.14. The number of methoxy groups -OCH3 is 1. The molecule has 0 amide bonds. The van der Waals surface area contributed by atoms with Gasteiger partial charge in [0.05, 0.1) is 19.2 Å². The fourth-order valence-electron chi connectivity index (χ4n) is 1.78. The van der Waals surface area contributed by atoms with Gasteiger partial charge in [0.25, 0.3) is 0 Å². The average molecular weight is 298 g/mol. The first-order valence-corrected chi connectivity index (χ1v) is 7.78. The van der Waals surface area contributed by atoms with E-state index in [-0.39, 0.29) is 0 Å². The molecule has 2 N–H and O–H groups in total. The van der Waals surface area contributed by atoms with Crippen molar-refractivity contribution in [2.24, 2.45) is 4.99 Å². The number of guanidine groups is 1. The van der Waals surface area contributed by atoms with Crippen molar-refractivity contribution in [2.75, 3.05) is 47.4 Å². The predicted octanol–water partition coefficient (Wildman–Crippen LogP) is 1.55. The molecule has 0 aliphatic carbocycles. The summed E-state index contributed by atoms with van der Waals surface area (Å²) in [6.45, 7) is 5.08. The van der Waals surface area contributed by atoms with Gasteiger partial charge >= 0.3 is 0 Å². The molecule has 1 atom stereocenters. The summed E-state index contributed by atoms with van der Waals surface area (Å²) in [6.07, 6.45) is 0. The van der Waals surface area contributed by atoms with Gasteiger partial charge in [0.15, 0.2) is 5.96 Å². The van der Waals surface area contributed by atoms with E-state index in [2.05, 4.69) is 59.1 Å². The maximum Gasteiger partial charge on any atom is 0.191 e. The normalized spacial score (nSPS) is 13.6. The Bertz CT molecular complexity index is 379. The van der Waals surface area contributed by atoms with E-state index in [0.29, 0.717) is 12.6 Å².